The summed E-state index contributed by atoms with van der Waals surface area (Å²) in [5.41, 5.74) is 1.06. The van der Waals surface area contributed by atoms with Gasteiger partial charge in [-0.1, -0.05) is 29.8 Å². The summed E-state index contributed by atoms with van der Waals surface area (Å²) in [5.74, 6) is 1.00. The molecule has 0 aliphatic carbocycles. The van der Waals surface area contributed by atoms with E-state index in [4.69, 9.17) is 11.6 Å². The summed E-state index contributed by atoms with van der Waals surface area (Å²) in [6, 6.07) is 8.02. The Bertz CT molecular complexity index is 554. The Morgan fingerprint density at radius 1 is 1.25 bits per heavy atom. The van der Waals surface area contributed by atoms with Gasteiger partial charge in [0.25, 0.3) is 0 Å². The summed E-state index contributed by atoms with van der Waals surface area (Å²) >= 11 is 6.17. The number of hydrogen-bond donors (Lipinski definition) is 1. The lowest BCUT2D eigenvalue weighted by Crippen LogP contribution is -2.18. The van der Waals surface area contributed by atoms with Gasteiger partial charge in [0.05, 0.1) is 0 Å². The van der Waals surface area contributed by atoms with Crippen LogP contribution in [0.2, 0.25) is 5.02 Å². The van der Waals surface area contributed by atoms with Crippen molar-refractivity contribution in [3.8, 4) is 0 Å². The Morgan fingerprint density at radius 2 is 2.00 bits per heavy atom. The van der Waals surface area contributed by atoms with Crippen molar-refractivity contribution in [2.75, 3.05) is 6.61 Å². The molecule has 0 radical (unpaired) electrons. The van der Waals surface area contributed by atoms with Crippen molar-refractivity contribution in [3.05, 3.63) is 47.0 Å². The number of hydrogen-bond acceptors (Lipinski definition) is 3. The predicted octanol–water partition coefficient (Wildman–Crippen LogP) is 2.91. The van der Waals surface area contributed by atoms with Crippen molar-refractivity contribution in [3.63, 3.8) is 0 Å². The van der Waals surface area contributed by atoms with Gasteiger partial charge in [-0.3, -0.25) is 0 Å². The molecule has 0 aliphatic heterocycles. The van der Waals surface area contributed by atoms with Gasteiger partial charge in [-0.15, -0.1) is 0 Å². The standard InChI is InChI=1S/C15H20ClN3O/c1-11(2)19-15(17-10-18-19)8-12(9-20)7-13-5-3-4-6-14(13)16/h3-6,10-12,20H,7-9H2,1-2H3. The van der Waals surface area contributed by atoms with Crippen LogP contribution in [0.3, 0.4) is 0 Å². The molecule has 1 N–H and O–H groups in total. The lowest BCUT2D eigenvalue weighted by atomic mass is 9.96. The van der Waals surface area contributed by atoms with E-state index >= 15 is 0 Å². The molecular weight excluding hydrogens is 274 g/mol. The van der Waals surface area contributed by atoms with Gasteiger partial charge in [0, 0.05) is 24.1 Å². The summed E-state index contributed by atoms with van der Waals surface area (Å²) in [4.78, 5) is 4.30. The van der Waals surface area contributed by atoms with Gasteiger partial charge >= 0.3 is 0 Å². The lowest BCUT2D eigenvalue weighted by Gasteiger charge is -2.16. The number of halogens is 1. The molecule has 4 nitrogen and oxygen atoms in total. The van der Waals surface area contributed by atoms with E-state index in [1.165, 1.54) is 0 Å². The molecule has 0 spiro atoms. The van der Waals surface area contributed by atoms with E-state index in [0.717, 1.165) is 22.8 Å². The Kier molecular flexibility index (Phi) is 5.15. The van der Waals surface area contributed by atoms with Gasteiger partial charge in [0.2, 0.25) is 0 Å². The van der Waals surface area contributed by atoms with Crippen molar-refractivity contribution >= 4 is 11.6 Å². The highest BCUT2D eigenvalue weighted by Gasteiger charge is 2.16. The minimum atomic E-state index is 0.0941. The first-order valence-corrected chi connectivity index (χ1v) is 7.22. The van der Waals surface area contributed by atoms with E-state index in [1.54, 1.807) is 6.33 Å². The summed E-state index contributed by atoms with van der Waals surface area (Å²) in [6.45, 7) is 4.25. The number of aliphatic hydroxyl groups excluding tert-OH is 1. The minimum absolute atomic E-state index is 0.0941. The third-order valence-electron chi connectivity index (χ3n) is 3.33. The van der Waals surface area contributed by atoms with Gasteiger partial charge in [-0.2, -0.15) is 5.10 Å². The van der Waals surface area contributed by atoms with Crippen molar-refractivity contribution < 1.29 is 5.11 Å². The molecule has 1 atom stereocenters. The zero-order valence-corrected chi connectivity index (χ0v) is 12.6. The van der Waals surface area contributed by atoms with E-state index in [-0.39, 0.29) is 18.6 Å². The maximum Gasteiger partial charge on any atom is 0.138 e. The monoisotopic (exact) mass is 293 g/mol. The van der Waals surface area contributed by atoms with E-state index in [0.29, 0.717) is 6.42 Å². The van der Waals surface area contributed by atoms with Crippen LogP contribution in [0.15, 0.2) is 30.6 Å². The average molecular weight is 294 g/mol. The molecule has 1 unspecified atom stereocenters. The molecule has 1 aromatic carbocycles. The highest BCUT2D eigenvalue weighted by Crippen LogP contribution is 2.21. The minimum Gasteiger partial charge on any atom is -0.396 e. The van der Waals surface area contributed by atoms with Gasteiger partial charge in [0.15, 0.2) is 0 Å². The first-order valence-electron chi connectivity index (χ1n) is 6.84. The fraction of sp³-hybridized carbons (Fsp3) is 0.467. The topological polar surface area (TPSA) is 50.9 Å². The highest BCUT2D eigenvalue weighted by molar-refractivity contribution is 6.31. The van der Waals surface area contributed by atoms with E-state index in [1.807, 2.05) is 28.9 Å². The maximum absolute atomic E-state index is 9.61. The number of aromatic nitrogens is 3. The summed E-state index contributed by atoms with van der Waals surface area (Å²) in [6.07, 6.45) is 3.00. The Morgan fingerprint density at radius 3 is 2.65 bits per heavy atom. The second-order valence-corrected chi connectivity index (χ2v) is 5.67. The maximum atomic E-state index is 9.61. The second kappa shape index (κ2) is 6.86. The number of benzene rings is 1. The zero-order valence-electron chi connectivity index (χ0n) is 11.8. The first-order chi connectivity index (χ1) is 9.61. The van der Waals surface area contributed by atoms with Crippen LogP contribution in [-0.2, 0) is 12.8 Å². The summed E-state index contributed by atoms with van der Waals surface area (Å²) < 4.78 is 1.90. The Hall–Kier alpha value is -1.39. The number of nitrogens with zero attached hydrogens (tertiary/aromatic N) is 3. The quantitative estimate of drug-likeness (QED) is 0.891. The van der Waals surface area contributed by atoms with Crippen LogP contribution in [0, 0.1) is 5.92 Å². The molecule has 1 aromatic heterocycles. The molecule has 0 bridgehead atoms. The Balaban J connectivity index is 2.10. The zero-order chi connectivity index (χ0) is 14.5. The highest BCUT2D eigenvalue weighted by atomic mass is 35.5. The fourth-order valence-corrected chi connectivity index (χ4v) is 2.50. The van der Waals surface area contributed by atoms with Gasteiger partial charge in [0.1, 0.15) is 12.2 Å². The third kappa shape index (κ3) is 3.58. The molecule has 0 fully saturated rings. The molecule has 20 heavy (non-hydrogen) atoms. The molecule has 0 saturated heterocycles. The van der Waals surface area contributed by atoms with Crippen LogP contribution in [0.1, 0.15) is 31.3 Å². The molecule has 108 valence electrons. The fourth-order valence-electron chi connectivity index (χ4n) is 2.29. The summed E-state index contributed by atoms with van der Waals surface area (Å²) in [7, 11) is 0. The van der Waals surface area contributed by atoms with E-state index in [2.05, 4.69) is 23.9 Å². The van der Waals surface area contributed by atoms with Crippen LogP contribution in [0.4, 0.5) is 0 Å². The first kappa shape index (κ1) is 15.0. The van der Waals surface area contributed by atoms with Crippen LogP contribution in [0.25, 0.3) is 0 Å². The lowest BCUT2D eigenvalue weighted by molar-refractivity contribution is 0.221. The van der Waals surface area contributed by atoms with E-state index in [9.17, 15) is 5.11 Å². The number of rotatable bonds is 6. The molecule has 5 heteroatoms. The van der Waals surface area contributed by atoms with Crippen LogP contribution >= 0.6 is 11.6 Å². The van der Waals surface area contributed by atoms with Gasteiger partial charge in [-0.25, -0.2) is 9.67 Å². The predicted molar refractivity (Wildman–Crippen MR) is 79.8 cm³/mol. The number of aliphatic hydroxyl groups is 1. The van der Waals surface area contributed by atoms with Gasteiger partial charge < -0.3 is 5.11 Å². The van der Waals surface area contributed by atoms with Crippen LogP contribution in [0.5, 0.6) is 0 Å². The van der Waals surface area contributed by atoms with Gasteiger partial charge in [-0.05, 0) is 37.8 Å². The molecule has 0 aliphatic rings. The molecule has 2 rings (SSSR count). The van der Waals surface area contributed by atoms with Crippen molar-refractivity contribution in [2.45, 2.75) is 32.7 Å². The average Bonchev–Trinajstić information content (AvgIpc) is 2.88. The molecule has 2 aromatic rings. The van der Waals surface area contributed by atoms with Crippen molar-refractivity contribution in [1.82, 2.24) is 14.8 Å². The summed E-state index contributed by atoms with van der Waals surface area (Å²) in [5, 5.41) is 14.6. The molecule has 0 saturated carbocycles. The third-order valence-corrected chi connectivity index (χ3v) is 3.70. The smallest absolute Gasteiger partial charge is 0.138 e. The Labute approximate surface area is 124 Å². The normalized spacial score (nSPS) is 12.8. The SMILES string of the molecule is CC(C)n1ncnc1CC(CO)Cc1ccccc1Cl. The largest absolute Gasteiger partial charge is 0.396 e. The molecular formula is C15H20ClN3O. The molecule has 0 amide bonds. The molecule has 1 heterocycles. The van der Waals surface area contributed by atoms with Crippen LogP contribution < -0.4 is 0 Å². The van der Waals surface area contributed by atoms with Crippen molar-refractivity contribution in [1.29, 1.82) is 0 Å². The van der Waals surface area contributed by atoms with Crippen molar-refractivity contribution in [2.24, 2.45) is 5.92 Å². The van der Waals surface area contributed by atoms with Crippen LogP contribution in [-0.4, -0.2) is 26.5 Å². The second-order valence-electron chi connectivity index (χ2n) is 5.26. The van der Waals surface area contributed by atoms with E-state index < -0.39 is 0 Å².